The lowest BCUT2D eigenvalue weighted by Crippen LogP contribution is -2.54. The van der Waals surface area contributed by atoms with Gasteiger partial charge in [0.25, 0.3) is 0 Å². The van der Waals surface area contributed by atoms with E-state index < -0.39 is 0 Å². The van der Waals surface area contributed by atoms with Crippen LogP contribution in [0.15, 0.2) is 24.4 Å². The van der Waals surface area contributed by atoms with Crippen LogP contribution in [0, 0.1) is 5.92 Å². The van der Waals surface area contributed by atoms with Gasteiger partial charge in [0.05, 0.1) is 25.2 Å². The van der Waals surface area contributed by atoms with Crippen LogP contribution in [0.25, 0.3) is 0 Å². The summed E-state index contributed by atoms with van der Waals surface area (Å²) in [4.78, 5) is 16.9. The Kier molecular flexibility index (Phi) is 6.01. The first-order valence-corrected chi connectivity index (χ1v) is 8.72. The van der Waals surface area contributed by atoms with Crippen molar-refractivity contribution >= 4 is 5.91 Å². The van der Waals surface area contributed by atoms with Gasteiger partial charge in [-0.05, 0) is 12.5 Å². The Morgan fingerprint density at radius 2 is 2.42 bits per heavy atom. The number of hydrazine groups is 1. The number of hydrogen-bond acceptors (Lipinski definition) is 6. The third kappa shape index (κ3) is 4.23. The number of nitrogens with zero attached hydrogens (tertiary/aromatic N) is 1. The first-order chi connectivity index (χ1) is 11.8. The van der Waals surface area contributed by atoms with Gasteiger partial charge in [-0.3, -0.25) is 15.6 Å². The number of carbonyl (C=O) groups excluding carboxylic acids is 1. The Labute approximate surface area is 142 Å². The van der Waals surface area contributed by atoms with Crippen molar-refractivity contribution in [2.75, 3.05) is 19.8 Å². The highest BCUT2D eigenvalue weighted by Gasteiger charge is 2.36. The van der Waals surface area contributed by atoms with Gasteiger partial charge in [0.2, 0.25) is 11.8 Å². The molecule has 0 bridgehead atoms. The molecule has 3 heterocycles. The minimum absolute atomic E-state index is 0.0519. The number of nitrogens with one attached hydrogen (secondary N) is 3. The molecule has 0 aliphatic carbocycles. The van der Waals surface area contributed by atoms with E-state index >= 15 is 0 Å². The topological polar surface area (TPSA) is 84.5 Å². The third-order valence-corrected chi connectivity index (χ3v) is 4.56. The Morgan fingerprint density at radius 1 is 1.50 bits per heavy atom. The number of aromatic nitrogens is 1. The number of ether oxygens (including phenoxy) is 2. The van der Waals surface area contributed by atoms with Gasteiger partial charge < -0.3 is 14.8 Å². The largest absolute Gasteiger partial charge is 0.472 e. The van der Waals surface area contributed by atoms with Gasteiger partial charge in [-0.25, -0.2) is 4.98 Å². The molecule has 1 aromatic heterocycles. The van der Waals surface area contributed by atoms with Gasteiger partial charge in [0, 0.05) is 31.3 Å². The van der Waals surface area contributed by atoms with Crippen molar-refractivity contribution < 1.29 is 14.3 Å². The van der Waals surface area contributed by atoms with Crippen LogP contribution in [0.2, 0.25) is 0 Å². The number of amides is 1. The third-order valence-electron chi connectivity index (χ3n) is 4.56. The molecular formula is C17H26N4O3. The molecule has 1 aromatic rings. The van der Waals surface area contributed by atoms with Crippen LogP contribution in [0.5, 0.6) is 5.88 Å². The van der Waals surface area contributed by atoms with E-state index in [2.05, 4.69) is 28.1 Å². The average molecular weight is 334 g/mol. The quantitative estimate of drug-likeness (QED) is 0.707. The summed E-state index contributed by atoms with van der Waals surface area (Å²) in [5.74, 6) is 0.565. The molecule has 7 heteroatoms. The van der Waals surface area contributed by atoms with Gasteiger partial charge in [-0.2, -0.15) is 0 Å². The molecule has 1 amide bonds. The molecule has 2 unspecified atom stereocenters. The van der Waals surface area contributed by atoms with Crippen LogP contribution in [-0.4, -0.2) is 48.8 Å². The van der Waals surface area contributed by atoms with E-state index in [9.17, 15) is 4.79 Å². The van der Waals surface area contributed by atoms with Crippen molar-refractivity contribution in [1.29, 1.82) is 0 Å². The van der Waals surface area contributed by atoms with E-state index in [1.807, 2.05) is 18.2 Å². The van der Waals surface area contributed by atoms with Crippen molar-refractivity contribution in [3.8, 4) is 5.88 Å². The van der Waals surface area contributed by atoms with Crippen molar-refractivity contribution in [2.24, 2.45) is 5.92 Å². The fourth-order valence-corrected chi connectivity index (χ4v) is 3.26. The first kappa shape index (κ1) is 17.1. The van der Waals surface area contributed by atoms with Gasteiger partial charge in [-0.15, -0.1) is 0 Å². The van der Waals surface area contributed by atoms with Crippen LogP contribution < -0.4 is 20.9 Å². The summed E-state index contributed by atoms with van der Waals surface area (Å²) < 4.78 is 11.5. The second-order valence-corrected chi connectivity index (χ2v) is 6.33. The van der Waals surface area contributed by atoms with E-state index in [-0.39, 0.29) is 30.0 Å². The first-order valence-electron chi connectivity index (χ1n) is 8.72. The highest BCUT2D eigenvalue weighted by Crippen LogP contribution is 2.18. The summed E-state index contributed by atoms with van der Waals surface area (Å²) in [5.41, 5.74) is 6.29. The summed E-state index contributed by atoms with van der Waals surface area (Å²) >= 11 is 0. The second-order valence-electron chi connectivity index (χ2n) is 6.33. The van der Waals surface area contributed by atoms with Crippen molar-refractivity contribution in [2.45, 2.75) is 44.4 Å². The molecule has 24 heavy (non-hydrogen) atoms. The zero-order valence-electron chi connectivity index (χ0n) is 14.0. The lowest BCUT2D eigenvalue weighted by Gasteiger charge is -2.33. The average Bonchev–Trinajstić information content (AvgIpc) is 3.06. The molecule has 0 aromatic carbocycles. The maximum Gasteiger partial charge on any atom is 0.226 e. The van der Waals surface area contributed by atoms with Gasteiger partial charge in [-0.1, -0.05) is 19.4 Å². The molecule has 3 rings (SSSR count). The number of rotatable bonds is 6. The van der Waals surface area contributed by atoms with Crippen molar-refractivity contribution in [3.63, 3.8) is 0 Å². The minimum atomic E-state index is -0.156. The monoisotopic (exact) mass is 334 g/mol. The van der Waals surface area contributed by atoms with Crippen LogP contribution in [0.3, 0.4) is 0 Å². The molecule has 3 N–H and O–H groups in total. The van der Waals surface area contributed by atoms with E-state index in [0.717, 1.165) is 19.3 Å². The van der Waals surface area contributed by atoms with E-state index in [4.69, 9.17) is 9.47 Å². The van der Waals surface area contributed by atoms with E-state index in [1.54, 1.807) is 6.20 Å². The predicted molar refractivity (Wildman–Crippen MR) is 89.3 cm³/mol. The summed E-state index contributed by atoms with van der Waals surface area (Å²) in [6.07, 6.45) is 4.33. The van der Waals surface area contributed by atoms with E-state index in [1.165, 1.54) is 0 Å². The molecule has 0 spiro atoms. The predicted octanol–water partition coefficient (Wildman–Crippen LogP) is 0.627. The summed E-state index contributed by atoms with van der Waals surface area (Å²) in [6, 6.07) is 5.59. The molecule has 2 aliphatic heterocycles. The van der Waals surface area contributed by atoms with Gasteiger partial charge >= 0.3 is 0 Å². The zero-order chi connectivity index (χ0) is 16.8. The second kappa shape index (κ2) is 8.41. The van der Waals surface area contributed by atoms with Gasteiger partial charge in [0.15, 0.2) is 0 Å². The fraction of sp³-hybridized carbons (Fsp3) is 0.647. The highest BCUT2D eigenvalue weighted by molar-refractivity contribution is 5.80. The molecule has 4 atom stereocenters. The van der Waals surface area contributed by atoms with E-state index in [0.29, 0.717) is 25.6 Å². The summed E-state index contributed by atoms with van der Waals surface area (Å²) in [5, 5.41) is 3.12. The number of hydrogen-bond donors (Lipinski definition) is 3. The molecule has 2 saturated heterocycles. The maximum absolute atomic E-state index is 12.7. The van der Waals surface area contributed by atoms with Crippen LogP contribution in [0.1, 0.15) is 26.2 Å². The Hall–Kier alpha value is -1.70. The van der Waals surface area contributed by atoms with Crippen LogP contribution >= 0.6 is 0 Å². The summed E-state index contributed by atoms with van der Waals surface area (Å²) in [6.45, 7) is 3.88. The lowest BCUT2D eigenvalue weighted by atomic mass is 9.96. The Bertz CT molecular complexity index is 528. The summed E-state index contributed by atoms with van der Waals surface area (Å²) in [7, 11) is 0. The Morgan fingerprint density at radius 3 is 3.21 bits per heavy atom. The molecular weight excluding hydrogens is 308 g/mol. The molecule has 2 aliphatic rings. The van der Waals surface area contributed by atoms with Crippen LogP contribution in [0.4, 0.5) is 0 Å². The van der Waals surface area contributed by atoms with Crippen molar-refractivity contribution in [1.82, 2.24) is 21.2 Å². The number of carbonyl (C=O) groups is 1. The smallest absolute Gasteiger partial charge is 0.226 e. The van der Waals surface area contributed by atoms with Crippen molar-refractivity contribution in [3.05, 3.63) is 24.4 Å². The normalized spacial score (nSPS) is 30.0. The number of pyridine rings is 1. The molecule has 2 fully saturated rings. The molecule has 0 saturated carbocycles. The standard InChI is InChI=1S/C17H26N4O3/c1-2-5-13-12(10-19-21-13)17(22)20-14-11-23-9-7-15(14)24-16-6-3-4-8-18-16/h3-4,6,8,12-15,19,21H,2,5,7,9-11H2,1H3,(H,20,22)/t12?,13?,14-,15-/m1/s1. The Balaban J connectivity index is 1.60. The lowest BCUT2D eigenvalue weighted by molar-refractivity contribution is -0.128. The van der Waals surface area contributed by atoms with Gasteiger partial charge in [0.1, 0.15) is 6.10 Å². The zero-order valence-corrected chi connectivity index (χ0v) is 14.0. The minimum Gasteiger partial charge on any atom is -0.472 e. The molecule has 0 radical (unpaired) electrons. The van der Waals surface area contributed by atoms with Crippen LogP contribution in [-0.2, 0) is 9.53 Å². The fourth-order valence-electron chi connectivity index (χ4n) is 3.26. The highest BCUT2D eigenvalue weighted by atomic mass is 16.5. The SMILES string of the molecule is CCCC1NNCC1C(=O)N[C@@H]1COCC[C@H]1Oc1ccccn1. The molecule has 132 valence electrons. The maximum atomic E-state index is 12.7. The molecule has 7 nitrogen and oxygen atoms in total.